The van der Waals surface area contributed by atoms with Crippen molar-refractivity contribution in [1.29, 1.82) is 0 Å². The quantitative estimate of drug-likeness (QED) is 0.643. The minimum atomic E-state index is -0.133. The molecule has 0 saturated carbocycles. The summed E-state index contributed by atoms with van der Waals surface area (Å²) in [6, 6.07) is 13.1. The monoisotopic (exact) mass is 439 g/mol. The van der Waals surface area contributed by atoms with Crippen LogP contribution in [-0.2, 0) is 0 Å². The summed E-state index contributed by atoms with van der Waals surface area (Å²) in [5.74, 6) is 1.33. The lowest BCUT2D eigenvalue weighted by atomic mass is 10.1. The molecule has 128 valence electrons. The van der Waals surface area contributed by atoms with E-state index in [1.807, 2.05) is 63.2 Å². The highest BCUT2D eigenvalue weighted by atomic mass is 127. The molecule has 0 aliphatic rings. The van der Waals surface area contributed by atoms with E-state index in [-0.39, 0.29) is 11.9 Å². The highest BCUT2D eigenvalue weighted by Gasteiger charge is 2.14. The van der Waals surface area contributed by atoms with Crippen LogP contribution in [0.5, 0.6) is 11.5 Å². The summed E-state index contributed by atoms with van der Waals surface area (Å²) in [7, 11) is 0. The summed E-state index contributed by atoms with van der Waals surface area (Å²) in [5, 5.41) is 3.01. The van der Waals surface area contributed by atoms with Crippen molar-refractivity contribution < 1.29 is 14.3 Å². The fourth-order valence-corrected chi connectivity index (χ4v) is 2.66. The standard InChI is InChI=1S/C19H22INO3/c1-4-23-17-11-8-15(12-18(17)24-5-2)13(3)21-19(22)14-6-9-16(20)10-7-14/h6-13H,4-5H2,1-3H3,(H,21,22)/t13-/m1/s1. The molecule has 0 unspecified atom stereocenters. The lowest BCUT2D eigenvalue weighted by molar-refractivity contribution is 0.0940. The van der Waals surface area contributed by atoms with Gasteiger partial charge in [0.1, 0.15) is 0 Å². The van der Waals surface area contributed by atoms with Gasteiger partial charge in [0.25, 0.3) is 5.91 Å². The van der Waals surface area contributed by atoms with E-state index in [4.69, 9.17) is 9.47 Å². The molecule has 2 rings (SSSR count). The first-order valence-electron chi connectivity index (χ1n) is 8.01. The Kier molecular flexibility index (Phi) is 6.90. The van der Waals surface area contributed by atoms with Gasteiger partial charge in [-0.05, 0) is 85.3 Å². The molecule has 0 aliphatic carbocycles. The van der Waals surface area contributed by atoms with Crippen LogP contribution < -0.4 is 14.8 Å². The Morgan fingerprint density at radius 3 is 2.29 bits per heavy atom. The number of amides is 1. The summed E-state index contributed by atoms with van der Waals surface area (Å²) >= 11 is 2.22. The van der Waals surface area contributed by atoms with Crippen molar-refractivity contribution >= 4 is 28.5 Å². The van der Waals surface area contributed by atoms with Crippen LogP contribution in [0.3, 0.4) is 0 Å². The van der Waals surface area contributed by atoms with Crippen LogP contribution in [-0.4, -0.2) is 19.1 Å². The Bertz CT molecular complexity index is 686. The van der Waals surface area contributed by atoms with Gasteiger partial charge in [-0.1, -0.05) is 6.07 Å². The number of nitrogens with one attached hydrogen (secondary N) is 1. The molecule has 0 heterocycles. The molecule has 5 heteroatoms. The van der Waals surface area contributed by atoms with E-state index in [9.17, 15) is 4.79 Å². The molecule has 1 N–H and O–H groups in total. The maximum absolute atomic E-state index is 12.4. The molecular weight excluding hydrogens is 417 g/mol. The van der Waals surface area contributed by atoms with Crippen molar-refractivity contribution in [1.82, 2.24) is 5.32 Å². The number of carbonyl (C=O) groups excluding carboxylic acids is 1. The van der Waals surface area contributed by atoms with E-state index in [0.29, 0.717) is 24.5 Å². The smallest absolute Gasteiger partial charge is 0.251 e. The van der Waals surface area contributed by atoms with Crippen LogP contribution in [0.4, 0.5) is 0 Å². The number of rotatable bonds is 7. The molecule has 0 aliphatic heterocycles. The molecule has 1 atom stereocenters. The maximum atomic E-state index is 12.4. The third-order valence-electron chi connectivity index (χ3n) is 3.52. The Morgan fingerprint density at radius 1 is 1.04 bits per heavy atom. The summed E-state index contributed by atoms with van der Waals surface area (Å²) in [6.07, 6.45) is 0. The van der Waals surface area contributed by atoms with Crippen LogP contribution in [0.2, 0.25) is 0 Å². The van der Waals surface area contributed by atoms with Gasteiger partial charge in [0.15, 0.2) is 11.5 Å². The van der Waals surface area contributed by atoms with Crippen molar-refractivity contribution in [2.24, 2.45) is 0 Å². The van der Waals surface area contributed by atoms with Gasteiger partial charge in [-0.25, -0.2) is 0 Å². The number of hydrogen-bond acceptors (Lipinski definition) is 3. The lowest BCUT2D eigenvalue weighted by Gasteiger charge is -2.17. The predicted octanol–water partition coefficient (Wildman–Crippen LogP) is 4.58. The second-order valence-corrected chi connectivity index (χ2v) is 6.52. The summed E-state index contributed by atoms with van der Waals surface area (Å²) in [4.78, 5) is 12.4. The van der Waals surface area contributed by atoms with E-state index in [0.717, 1.165) is 14.9 Å². The molecule has 2 aromatic rings. The van der Waals surface area contributed by atoms with Gasteiger partial charge in [-0.2, -0.15) is 0 Å². The average molecular weight is 439 g/mol. The molecule has 0 radical (unpaired) electrons. The largest absolute Gasteiger partial charge is 0.490 e. The Balaban J connectivity index is 2.13. The second kappa shape index (κ2) is 8.92. The topological polar surface area (TPSA) is 47.6 Å². The molecule has 0 aromatic heterocycles. The Morgan fingerprint density at radius 2 is 1.67 bits per heavy atom. The molecule has 0 spiro atoms. The Hall–Kier alpha value is -1.76. The summed E-state index contributed by atoms with van der Waals surface area (Å²) in [6.45, 7) is 6.97. The van der Waals surface area contributed by atoms with Gasteiger partial charge in [0, 0.05) is 9.13 Å². The van der Waals surface area contributed by atoms with E-state index in [1.165, 1.54) is 0 Å². The predicted molar refractivity (Wildman–Crippen MR) is 104 cm³/mol. The van der Waals surface area contributed by atoms with Crippen molar-refractivity contribution in [3.63, 3.8) is 0 Å². The van der Waals surface area contributed by atoms with Crippen LogP contribution in [0, 0.1) is 3.57 Å². The fraction of sp³-hybridized carbons (Fsp3) is 0.316. The van der Waals surface area contributed by atoms with Gasteiger partial charge in [0.05, 0.1) is 19.3 Å². The van der Waals surface area contributed by atoms with Gasteiger partial charge in [-0.15, -0.1) is 0 Å². The lowest BCUT2D eigenvalue weighted by Crippen LogP contribution is -2.26. The molecule has 0 bridgehead atoms. The Labute approximate surface area is 156 Å². The zero-order valence-electron chi connectivity index (χ0n) is 14.1. The second-order valence-electron chi connectivity index (χ2n) is 5.27. The third kappa shape index (κ3) is 4.87. The highest BCUT2D eigenvalue weighted by Crippen LogP contribution is 2.30. The molecular formula is C19H22INO3. The van der Waals surface area contributed by atoms with Crippen molar-refractivity contribution in [3.8, 4) is 11.5 Å². The molecule has 2 aromatic carbocycles. The summed E-state index contributed by atoms with van der Waals surface area (Å²) < 4.78 is 12.3. The number of carbonyl (C=O) groups is 1. The van der Waals surface area contributed by atoms with Crippen LogP contribution in [0.1, 0.15) is 42.7 Å². The average Bonchev–Trinajstić information content (AvgIpc) is 2.57. The van der Waals surface area contributed by atoms with E-state index >= 15 is 0 Å². The van der Waals surface area contributed by atoms with Crippen molar-refractivity contribution in [2.75, 3.05) is 13.2 Å². The van der Waals surface area contributed by atoms with Crippen LogP contribution in [0.15, 0.2) is 42.5 Å². The van der Waals surface area contributed by atoms with Crippen molar-refractivity contribution in [2.45, 2.75) is 26.8 Å². The zero-order valence-corrected chi connectivity index (χ0v) is 16.3. The first kappa shape index (κ1) is 18.6. The maximum Gasteiger partial charge on any atom is 0.251 e. The summed E-state index contributed by atoms with van der Waals surface area (Å²) in [5.41, 5.74) is 1.62. The van der Waals surface area contributed by atoms with Crippen LogP contribution >= 0.6 is 22.6 Å². The number of ether oxygens (including phenoxy) is 2. The molecule has 0 fully saturated rings. The fourth-order valence-electron chi connectivity index (χ4n) is 2.30. The number of hydrogen-bond donors (Lipinski definition) is 1. The molecule has 0 saturated heterocycles. The first-order chi connectivity index (χ1) is 11.5. The van der Waals surface area contributed by atoms with E-state index in [1.54, 1.807) is 0 Å². The normalized spacial score (nSPS) is 11.7. The SMILES string of the molecule is CCOc1ccc([C@@H](C)NC(=O)c2ccc(I)cc2)cc1OCC. The zero-order chi connectivity index (χ0) is 17.5. The van der Waals surface area contributed by atoms with E-state index < -0.39 is 0 Å². The first-order valence-corrected chi connectivity index (χ1v) is 9.09. The van der Waals surface area contributed by atoms with Gasteiger partial charge in [-0.3, -0.25) is 4.79 Å². The van der Waals surface area contributed by atoms with Crippen LogP contribution in [0.25, 0.3) is 0 Å². The molecule has 24 heavy (non-hydrogen) atoms. The van der Waals surface area contributed by atoms with Gasteiger partial charge < -0.3 is 14.8 Å². The molecule has 1 amide bonds. The number of benzene rings is 2. The minimum absolute atomic E-state index is 0.0919. The minimum Gasteiger partial charge on any atom is -0.490 e. The van der Waals surface area contributed by atoms with Gasteiger partial charge >= 0.3 is 0 Å². The third-order valence-corrected chi connectivity index (χ3v) is 4.24. The number of halogens is 1. The van der Waals surface area contributed by atoms with E-state index in [2.05, 4.69) is 27.9 Å². The molecule has 4 nitrogen and oxygen atoms in total. The highest BCUT2D eigenvalue weighted by molar-refractivity contribution is 14.1. The van der Waals surface area contributed by atoms with Gasteiger partial charge in [0.2, 0.25) is 0 Å². The van der Waals surface area contributed by atoms with Crippen molar-refractivity contribution in [3.05, 3.63) is 57.2 Å².